The third kappa shape index (κ3) is 1.65. The van der Waals surface area contributed by atoms with E-state index in [9.17, 15) is 4.79 Å². The van der Waals surface area contributed by atoms with Crippen LogP contribution in [0.2, 0.25) is 0 Å². The fourth-order valence-electron chi connectivity index (χ4n) is 5.79. The summed E-state index contributed by atoms with van der Waals surface area (Å²) in [7, 11) is 0. The van der Waals surface area contributed by atoms with Gasteiger partial charge in [-0.2, -0.15) is 0 Å². The number of hydrogen-bond donors (Lipinski definition) is 0. The van der Waals surface area contributed by atoms with Crippen LogP contribution in [0.5, 0.6) is 0 Å². The van der Waals surface area contributed by atoms with Gasteiger partial charge in [-0.3, -0.25) is 4.79 Å². The first-order chi connectivity index (χ1) is 9.53. The third-order valence-corrected chi connectivity index (χ3v) is 7.45. The van der Waals surface area contributed by atoms with Gasteiger partial charge in [0.25, 0.3) is 0 Å². The summed E-state index contributed by atoms with van der Waals surface area (Å²) in [5.74, 6) is 2.30. The first-order valence-electron chi connectivity index (χ1n) is 8.16. The highest BCUT2D eigenvalue weighted by molar-refractivity contribution is 6.29. The van der Waals surface area contributed by atoms with Crippen molar-refractivity contribution in [3.05, 3.63) is 23.8 Å². The van der Waals surface area contributed by atoms with Gasteiger partial charge in [0.1, 0.15) is 0 Å². The molecule has 0 aromatic heterocycles. The van der Waals surface area contributed by atoms with Crippen LogP contribution in [-0.2, 0) is 4.79 Å². The lowest BCUT2D eigenvalue weighted by Gasteiger charge is -2.54. The Morgan fingerprint density at radius 3 is 2.90 bits per heavy atom. The molecule has 0 heterocycles. The third-order valence-electron chi connectivity index (χ3n) is 6.80. The molecule has 108 valence electrons. The normalized spacial score (nSPS) is 50.2. The summed E-state index contributed by atoms with van der Waals surface area (Å²) in [6, 6.07) is 0. The number of fused-ring (bicyclic) bond motifs is 5. The first-order valence-corrected chi connectivity index (χ1v) is 8.54. The number of ketones is 1. The monoisotopic (exact) mass is 290 g/mol. The molecule has 4 aliphatic carbocycles. The molecule has 0 radical (unpaired) electrons. The molecular weight excluding hydrogens is 268 g/mol. The molecule has 0 aromatic rings. The summed E-state index contributed by atoms with van der Waals surface area (Å²) in [5.41, 5.74) is 1.76. The standard InChI is InChI=1S/C18H23ClO/c1-17-8-2-3-15(17)14-5-4-12-11-13(20)6-10-18(12,19)16(14)7-9-17/h6,10-11,14-16H,2-5,7-9H2,1H3/t14-,15-,16-,17-,18+/m0/s1. The maximum Gasteiger partial charge on any atom is 0.178 e. The molecule has 20 heavy (non-hydrogen) atoms. The van der Waals surface area contributed by atoms with E-state index in [0.29, 0.717) is 11.3 Å². The number of halogens is 1. The number of carbonyl (C=O) groups excluding carboxylic acids is 1. The Labute approximate surface area is 126 Å². The minimum absolute atomic E-state index is 0.122. The second kappa shape index (κ2) is 4.22. The van der Waals surface area contributed by atoms with Gasteiger partial charge in [-0.15, -0.1) is 11.6 Å². The summed E-state index contributed by atoms with van der Waals surface area (Å²) in [6.07, 6.45) is 14.5. The molecule has 4 aliphatic rings. The number of carbonyl (C=O) groups is 1. The van der Waals surface area contributed by atoms with Crippen LogP contribution < -0.4 is 0 Å². The maximum absolute atomic E-state index is 11.6. The van der Waals surface area contributed by atoms with Crippen molar-refractivity contribution in [1.82, 2.24) is 0 Å². The quantitative estimate of drug-likeness (QED) is 0.593. The molecular formula is C18H23ClO. The molecule has 1 nitrogen and oxygen atoms in total. The van der Waals surface area contributed by atoms with E-state index in [-0.39, 0.29) is 10.7 Å². The van der Waals surface area contributed by atoms with Crippen molar-refractivity contribution >= 4 is 17.4 Å². The summed E-state index contributed by atoms with van der Waals surface area (Å²) in [4.78, 5) is 11.3. The Hall–Kier alpha value is -0.560. The lowest BCUT2D eigenvalue weighted by molar-refractivity contribution is -0.110. The minimum Gasteiger partial charge on any atom is -0.290 e. The Kier molecular flexibility index (Phi) is 2.77. The maximum atomic E-state index is 11.6. The van der Waals surface area contributed by atoms with Crippen LogP contribution in [0.3, 0.4) is 0 Å². The van der Waals surface area contributed by atoms with E-state index in [1.54, 1.807) is 6.08 Å². The fraction of sp³-hybridized carbons (Fsp3) is 0.722. The highest BCUT2D eigenvalue weighted by Gasteiger charge is 2.56. The van der Waals surface area contributed by atoms with E-state index >= 15 is 0 Å². The van der Waals surface area contributed by atoms with Gasteiger partial charge in [0, 0.05) is 0 Å². The fourth-order valence-corrected chi connectivity index (χ4v) is 6.28. The molecule has 0 aliphatic heterocycles. The van der Waals surface area contributed by atoms with E-state index in [0.717, 1.165) is 18.3 Å². The van der Waals surface area contributed by atoms with Crippen molar-refractivity contribution in [2.24, 2.45) is 23.2 Å². The number of rotatable bonds is 0. The molecule has 0 amide bonds. The average Bonchev–Trinajstić information content (AvgIpc) is 2.81. The molecule has 4 rings (SSSR count). The van der Waals surface area contributed by atoms with E-state index in [1.165, 1.54) is 44.1 Å². The molecule has 0 spiro atoms. The van der Waals surface area contributed by atoms with Gasteiger partial charge < -0.3 is 0 Å². The van der Waals surface area contributed by atoms with Crippen LogP contribution in [0, 0.1) is 23.2 Å². The van der Waals surface area contributed by atoms with Crippen LogP contribution in [0.15, 0.2) is 23.8 Å². The predicted octanol–water partition coefficient (Wildman–Crippen LogP) is 4.66. The number of allylic oxidation sites excluding steroid dienone is 4. The van der Waals surface area contributed by atoms with Gasteiger partial charge in [-0.05, 0) is 79.4 Å². The van der Waals surface area contributed by atoms with E-state index in [1.807, 2.05) is 12.2 Å². The zero-order valence-electron chi connectivity index (χ0n) is 12.2. The van der Waals surface area contributed by atoms with Gasteiger partial charge in [0.2, 0.25) is 0 Å². The van der Waals surface area contributed by atoms with Crippen molar-refractivity contribution in [3.63, 3.8) is 0 Å². The summed E-state index contributed by atoms with van der Waals surface area (Å²) < 4.78 is 0. The second-order valence-electron chi connectivity index (χ2n) is 7.67. The summed E-state index contributed by atoms with van der Waals surface area (Å²) in [5, 5.41) is 0. The second-order valence-corrected chi connectivity index (χ2v) is 8.30. The molecule has 2 heteroatoms. The molecule has 5 atom stereocenters. The van der Waals surface area contributed by atoms with E-state index in [4.69, 9.17) is 11.6 Å². The number of alkyl halides is 1. The molecule has 0 saturated heterocycles. The summed E-state index contributed by atoms with van der Waals surface area (Å²) in [6.45, 7) is 2.51. The van der Waals surface area contributed by atoms with Gasteiger partial charge in [-0.1, -0.05) is 19.4 Å². The van der Waals surface area contributed by atoms with Gasteiger partial charge in [0.05, 0.1) is 4.87 Å². The van der Waals surface area contributed by atoms with Crippen LogP contribution in [0.4, 0.5) is 0 Å². The largest absolute Gasteiger partial charge is 0.290 e. The topological polar surface area (TPSA) is 17.1 Å². The molecule has 3 fully saturated rings. The molecule has 0 aromatic carbocycles. The SMILES string of the molecule is C[C@@]12CCC[C@H]1[C@@H]1CCC3=CC(=O)C=C[C@]3(Cl)[C@H]1CC2. The van der Waals surface area contributed by atoms with Crippen molar-refractivity contribution in [3.8, 4) is 0 Å². The molecule has 3 saturated carbocycles. The van der Waals surface area contributed by atoms with E-state index in [2.05, 4.69) is 6.92 Å². The Morgan fingerprint density at radius 1 is 1.20 bits per heavy atom. The van der Waals surface area contributed by atoms with Crippen LogP contribution >= 0.6 is 11.6 Å². The number of hydrogen-bond acceptors (Lipinski definition) is 1. The van der Waals surface area contributed by atoms with E-state index < -0.39 is 0 Å². The average molecular weight is 291 g/mol. The molecule has 0 N–H and O–H groups in total. The van der Waals surface area contributed by atoms with Gasteiger partial charge in [0.15, 0.2) is 5.78 Å². The van der Waals surface area contributed by atoms with Gasteiger partial charge >= 0.3 is 0 Å². The van der Waals surface area contributed by atoms with Crippen molar-refractivity contribution < 1.29 is 4.79 Å². The van der Waals surface area contributed by atoms with Crippen LogP contribution in [0.25, 0.3) is 0 Å². The first kappa shape index (κ1) is 13.1. The molecule has 0 bridgehead atoms. The molecule has 0 unspecified atom stereocenters. The Morgan fingerprint density at radius 2 is 2.05 bits per heavy atom. The zero-order chi connectivity index (χ0) is 14.0. The highest BCUT2D eigenvalue weighted by Crippen LogP contribution is 2.63. The van der Waals surface area contributed by atoms with Crippen molar-refractivity contribution in [1.29, 1.82) is 0 Å². The Bertz CT molecular complexity index is 520. The van der Waals surface area contributed by atoms with Crippen molar-refractivity contribution in [2.75, 3.05) is 0 Å². The lowest BCUT2D eigenvalue weighted by Crippen LogP contribution is -2.50. The van der Waals surface area contributed by atoms with Crippen LogP contribution in [0.1, 0.15) is 51.9 Å². The minimum atomic E-state index is -0.346. The van der Waals surface area contributed by atoms with Gasteiger partial charge in [-0.25, -0.2) is 0 Å². The zero-order valence-corrected chi connectivity index (χ0v) is 13.0. The van der Waals surface area contributed by atoms with Crippen molar-refractivity contribution in [2.45, 2.75) is 56.7 Å². The lowest BCUT2D eigenvalue weighted by atomic mass is 9.53. The predicted molar refractivity (Wildman–Crippen MR) is 81.7 cm³/mol. The smallest absolute Gasteiger partial charge is 0.178 e. The Balaban J connectivity index is 1.71. The highest BCUT2D eigenvalue weighted by atomic mass is 35.5. The van der Waals surface area contributed by atoms with Crippen LogP contribution in [-0.4, -0.2) is 10.7 Å². The summed E-state index contributed by atoms with van der Waals surface area (Å²) >= 11 is 7.04.